The van der Waals surface area contributed by atoms with E-state index in [1.54, 1.807) is 0 Å². The van der Waals surface area contributed by atoms with Crippen molar-refractivity contribution in [3.05, 3.63) is 23.2 Å². The fourth-order valence-electron chi connectivity index (χ4n) is 2.73. The molecule has 1 fully saturated rings. The Labute approximate surface area is 115 Å². The molecule has 3 heteroatoms. The van der Waals surface area contributed by atoms with E-state index in [0.29, 0.717) is 6.04 Å². The molecular formula is C15H23ClN2. The summed E-state index contributed by atoms with van der Waals surface area (Å²) in [7, 11) is 4.08. The van der Waals surface area contributed by atoms with Crippen LogP contribution in [0.5, 0.6) is 0 Å². The van der Waals surface area contributed by atoms with E-state index < -0.39 is 0 Å². The molecule has 1 aliphatic rings. The fraction of sp³-hybridized carbons (Fsp3) is 0.600. The number of nitrogens with zero attached hydrogens (tertiary/aromatic N) is 1. The van der Waals surface area contributed by atoms with Gasteiger partial charge in [0.15, 0.2) is 0 Å². The van der Waals surface area contributed by atoms with Crippen molar-refractivity contribution in [3.63, 3.8) is 0 Å². The summed E-state index contributed by atoms with van der Waals surface area (Å²) in [6.45, 7) is 0. The number of benzene rings is 1. The standard InChI is InChI=1S/C15H23ClN2/c1-18(2)15-13(16)10-7-11-14(15)17-12-8-5-3-4-6-9-12/h7,10-12,17H,3-6,8-9H2,1-2H3. The molecule has 0 aromatic heterocycles. The normalized spacial score (nSPS) is 17.3. The van der Waals surface area contributed by atoms with Crippen molar-refractivity contribution >= 4 is 23.0 Å². The minimum absolute atomic E-state index is 0.602. The second-order valence-electron chi connectivity index (χ2n) is 5.36. The van der Waals surface area contributed by atoms with Gasteiger partial charge in [-0.2, -0.15) is 0 Å². The van der Waals surface area contributed by atoms with Crippen molar-refractivity contribution < 1.29 is 0 Å². The first-order chi connectivity index (χ1) is 8.68. The average Bonchev–Trinajstić information content (AvgIpc) is 2.57. The van der Waals surface area contributed by atoms with Gasteiger partial charge >= 0.3 is 0 Å². The lowest BCUT2D eigenvalue weighted by Crippen LogP contribution is -2.21. The van der Waals surface area contributed by atoms with Crippen LogP contribution in [0.25, 0.3) is 0 Å². The Morgan fingerprint density at radius 2 is 1.78 bits per heavy atom. The zero-order valence-corrected chi connectivity index (χ0v) is 12.1. The molecule has 1 aliphatic carbocycles. The molecule has 100 valence electrons. The van der Waals surface area contributed by atoms with Gasteiger partial charge in [0.2, 0.25) is 0 Å². The molecule has 0 bridgehead atoms. The van der Waals surface area contributed by atoms with Gasteiger partial charge in [0.1, 0.15) is 0 Å². The van der Waals surface area contributed by atoms with Crippen LogP contribution in [0.15, 0.2) is 18.2 Å². The van der Waals surface area contributed by atoms with Gasteiger partial charge in [-0.15, -0.1) is 0 Å². The van der Waals surface area contributed by atoms with E-state index in [1.807, 2.05) is 26.2 Å². The van der Waals surface area contributed by atoms with Crippen molar-refractivity contribution in [1.82, 2.24) is 0 Å². The lowest BCUT2D eigenvalue weighted by atomic mass is 10.1. The predicted octanol–water partition coefficient (Wildman–Crippen LogP) is 4.54. The number of para-hydroxylation sites is 1. The zero-order chi connectivity index (χ0) is 13.0. The number of nitrogens with one attached hydrogen (secondary N) is 1. The molecule has 0 spiro atoms. The number of anilines is 2. The molecule has 1 N–H and O–H groups in total. The maximum atomic E-state index is 6.29. The van der Waals surface area contributed by atoms with Crippen LogP contribution in [-0.2, 0) is 0 Å². The predicted molar refractivity (Wildman–Crippen MR) is 80.9 cm³/mol. The van der Waals surface area contributed by atoms with Gasteiger partial charge in [0.05, 0.1) is 16.4 Å². The first kappa shape index (κ1) is 13.5. The van der Waals surface area contributed by atoms with Crippen LogP contribution >= 0.6 is 11.6 Å². The molecule has 2 nitrogen and oxygen atoms in total. The van der Waals surface area contributed by atoms with E-state index in [2.05, 4.69) is 16.3 Å². The van der Waals surface area contributed by atoms with E-state index in [9.17, 15) is 0 Å². The minimum atomic E-state index is 0.602. The topological polar surface area (TPSA) is 15.3 Å². The Morgan fingerprint density at radius 3 is 2.39 bits per heavy atom. The van der Waals surface area contributed by atoms with E-state index in [1.165, 1.54) is 44.2 Å². The van der Waals surface area contributed by atoms with Crippen molar-refractivity contribution in [3.8, 4) is 0 Å². The molecule has 0 radical (unpaired) electrons. The number of hydrogen-bond donors (Lipinski definition) is 1. The largest absolute Gasteiger partial charge is 0.381 e. The zero-order valence-electron chi connectivity index (χ0n) is 11.4. The van der Waals surface area contributed by atoms with Gasteiger partial charge in [-0.05, 0) is 25.0 Å². The summed E-state index contributed by atoms with van der Waals surface area (Å²) < 4.78 is 0. The van der Waals surface area contributed by atoms with Gasteiger partial charge in [-0.25, -0.2) is 0 Å². The molecule has 1 aromatic rings. The second kappa shape index (κ2) is 6.33. The Bertz CT molecular complexity index is 382. The summed E-state index contributed by atoms with van der Waals surface area (Å²) >= 11 is 6.29. The molecular weight excluding hydrogens is 244 g/mol. The maximum absolute atomic E-state index is 6.29. The monoisotopic (exact) mass is 266 g/mol. The molecule has 18 heavy (non-hydrogen) atoms. The highest BCUT2D eigenvalue weighted by Crippen LogP contribution is 2.34. The highest BCUT2D eigenvalue weighted by atomic mass is 35.5. The summed E-state index contributed by atoms with van der Waals surface area (Å²) in [5.74, 6) is 0. The van der Waals surface area contributed by atoms with Crippen LogP contribution in [0.1, 0.15) is 38.5 Å². The molecule has 1 aromatic carbocycles. The third-order valence-corrected chi connectivity index (χ3v) is 3.95. The van der Waals surface area contributed by atoms with Crippen LogP contribution in [0.3, 0.4) is 0 Å². The highest BCUT2D eigenvalue weighted by Gasteiger charge is 2.15. The highest BCUT2D eigenvalue weighted by molar-refractivity contribution is 6.34. The Kier molecular flexibility index (Phi) is 4.76. The van der Waals surface area contributed by atoms with Crippen LogP contribution in [0, 0.1) is 0 Å². The SMILES string of the molecule is CN(C)c1c(Cl)cccc1NC1CCCCCC1. The Balaban J connectivity index is 2.14. The maximum Gasteiger partial charge on any atom is 0.0786 e. The van der Waals surface area contributed by atoms with Crippen molar-refractivity contribution in [2.75, 3.05) is 24.3 Å². The van der Waals surface area contributed by atoms with Gasteiger partial charge in [-0.1, -0.05) is 43.4 Å². The molecule has 0 amide bonds. The summed E-state index contributed by atoms with van der Waals surface area (Å²) in [5.41, 5.74) is 2.27. The van der Waals surface area contributed by atoms with E-state index in [-0.39, 0.29) is 0 Å². The summed E-state index contributed by atoms with van der Waals surface area (Å²) in [6.07, 6.45) is 8.01. The van der Waals surface area contributed by atoms with Crippen LogP contribution in [0.4, 0.5) is 11.4 Å². The summed E-state index contributed by atoms with van der Waals surface area (Å²) in [5, 5.41) is 4.50. The van der Waals surface area contributed by atoms with Crippen LogP contribution in [0.2, 0.25) is 5.02 Å². The van der Waals surface area contributed by atoms with E-state index in [4.69, 9.17) is 11.6 Å². The third-order valence-electron chi connectivity index (χ3n) is 3.65. The molecule has 0 heterocycles. The first-order valence-corrected chi connectivity index (χ1v) is 7.28. The second-order valence-corrected chi connectivity index (χ2v) is 5.77. The molecule has 0 unspecified atom stereocenters. The van der Waals surface area contributed by atoms with E-state index in [0.717, 1.165) is 10.7 Å². The van der Waals surface area contributed by atoms with Gasteiger partial charge in [0.25, 0.3) is 0 Å². The number of hydrogen-bond acceptors (Lipinski definition) is 2. The Hall–Kier alpha value is -0.890. The Morgan fingerprint density at radius 1 is 1.11 bits per heavy atom. The van der Waals surface area contributed by atoms with Crippen molar-refractivity contribution in [2.24, 2.45) is 0 Å². The van der Waals surface area contributed by atoms with E-state index >= 15 is 0 Å². The third kappa shape index (κ3) is 3.32. The molecule has 0 aliphatic heterocycles. The van der Waals surface area contributed by atoms with Crippen LogP contribution in [-0.4, -0.2) is 20.1 Å². The van der Waals surface area contributed by atoms with Gasteiger partial charge < -0.3 is 10.2 Å². The molecule has 2 rings (SSSR count). The smallest absolute Gasteiger partial charge is 0.0786 e. The molecule has 0 atom stereocenters. The van der Waals surface area contributed by atoms with Gasteiger partial charge in [0, 0.05) is 20.1 Å². The summed E-state index contributed by atoms with van der Waals surface area (Å²) in [4.78, 5) is 2.08. The number of halogens is 1. The quantitative estimate of drug-likeness (QED) is 0.808. The lowest BCUT2D eigenvalue weighted by Gasteiger charge is -2.24. The first-order valence-electron chi connectivity index (χ1n) is 6.91. The fourth-order valence-corrected chi connectivity index (χ4v) is 3.07. The van der Waals surface area contributed by atoms with Crippen molar-refractivity contribution in [1.29, 1.82) is 0 Å². The van der Waals surface area contributed by atoms with Gasteiger partial charge in [-0.3, -0.25) is 0 Å². The summed E-state index contributed by atoms with van der Waals surface area (Å²) in [6, 6.07) is 6.71. The minimum Gasteiger partial charge on any atom is -0.381 e. The van der Waals surface area contributed by atoms with Crippen molar-refractivity contribution in [2.45, 2.75) is 44.6 Å². The van der Waals surface area contributed by atoms with Crippen LogP contribution < -0.4 is 10.2 Å². The molecule has 0 saturated heterocycles. The lowest BCUT2D eigenvalue weighted by molar-refractivity contribution is 0.620. The number of rotatable bonds is 3. The average molecular weight is 267 g/mol. The molecule has 1 saturated carbocycles.